The van der Waals surface area contributed by atoms with E-state index in [4.69, 9.17) is 9.47 Å². The summed E-state index contributed by atoms with van der Waals surface area (Å²) in [6.07, 6.45) is 17.8. The van der Waals surface area contributed by atoms with Crippen molar-refractivity contribution >= 4 is 0 Å². The highest BCUT2D eigenvalue weighted by Crippen LogP contribution is 2.38. The molecule has 2 heteroatoms. The third-order valence-electron chi connectivity index (χ3n) is 8.41. The number of ether oxygens (including phenoxy) is 2. The van der Waals surface area contributed by atoms with Gasteiger partial charge >= 0.3 is 0 Å². The summed E-state index contributed by atoms with van der Waals surface area (Å²) in [6, 6.07) is 18.3. The van der Waals surface area contributed by atoms with E-state index in [1.165, 1.54) is 99.3 Å². The molecule has 2 nitrogen and oxygen atoms in total. The monoisotopic (exact) mass is 476 g/mol. The van der Waals surface area contributed by atoms with Crippen LogP contribution in [-0.2, 0) is 9.47 Å². The van der Waals surface area contributed by atoms with E-state index in [1.807, 2.05) is 0 Å². The van der Waals surface area contributed by atoms with Crippen LogP contribution in [0.25, 0.3) is 11.1 Å². The minimum atomic E-state index is 0.0650. The Morgan fingerprint density at radius 3 is 1.83 bits per heavy atom. The molecule has 0 N–H and O–H groups in total. The first-order valence-corrected chi connectivity index (χ1v) is 14.7. The Bertz CT molecular complexity index is 824. The van der Waals surface area contributed by atoms with Crippen LogP contribution < -0.4 is 0 Å². The topological polar surface area (TPSA) is 18.5 Å². The van der Waals surface area contributed by atoms with Crippen LogP contribution in [0.5, 0.6) is 0 Å². The average molecular weight is 477 g/mol. The maximum absolute atomic E-state index is 6.19. The molecule has 2 aliphatic rings. The molecule has 1 saturated heterocycles. The van der Waals surface area contributed by atoms with Crippen molar-refractivity contribution in [2.75, 3.05) is 13.2 Å². The second-order valence-electron chi connectivity index (χ2n) is 11.1. The van der Waals surface area contributed by atoms with Crippen molar-refractivity contribution in [2.45, 2.75) is 115 Å². The predicted molar refractivity (Wildman–Crippen MR) is 148 cm³/mol. The summed E-state index contributed by atoms with van der Waals surface area (Å²) in [4.78, 5) is 0. The Hall–Kier alpha value is -1.64. The van der Waals surface area contributed by atoms with Crippen LogP contribution in [-0.4, -0.2) is 19.3 Å². The second kappa shape index (κ2) is 14.2. The Labute approximate surface area is 214 Å². The van der Waals surface area contributed by atoms with E-state index in [9.17, 15) is 0 Å². The zero-order valence-electron chi connectivity index (χ0n) is 22.4. The minimum absolute atomic E-state index is 0.0650. The van der Waals surface area contributed by atoms with Gasteiger partial charge in [0.1, 0.15) is 6.10 Å². The van der Waals surface area contributed by atoms with Crippen molar-refractivity contribution in [1.82, 2.24) is 0 Å². The van der Waals surface area contributed by atoms with Crippen LogP contribution in [0, 0.1) is 5.92 Å². The van der Waals surface area contributed by atoms with Gasteiger partial charge in [0.15, 0.2) is 0 Å². The average Bonchev–Trinajstić information content (AvgIpc) is 2.93. The third-order valence-corrected chi connectivity index (χ3v) is 8.41. The maximum Gasteiger partial charge on any atom is 0.106 e. The highest BCUT2D eigenvalue weighted by atomic mass is 16.6. The van der Waals surface area contributed by atoms with E-state index in [2.05, 4.69) is 62.4 Å². The summed E-state index contributed by atoms with van der Waals surface area (Å²) >= 11 is 0. The van der Waals surface area contributed by atoms with Gasteiger partial charge in [-0.3, -0.25) is 0 Å². The molecule has 1 aliphatic heterocycles. The van der Waals surface area contributed by atoms with Gasteiger partial charge in [0.25, 0.3) is 0 Å². The lowest BCUT2D eigenvalue weighted by Gasteiger charge is -2.30. The molecule has 2 aromatic carbocycles. The van der Waals surface area contributed by atoms with Gasteiger partial charge in [-0.25, -0.2) is 0 Å². The predicted octanol–water partition coefficient (Wildman–Crippen LogP) is 9.63. The van der Waals surface area contributed by atoms with Gasteiger partial charge in [-0.15, -0.1) is 0 Å². The lowest BCUT2D eigenvalue weighted by atomic mass is 9.77. The van der Waals surface area contributed by atoms with E-state index in [1.54, 1.807) is 0 Å². The molecule has 1 saturated carbocycles. The third kappa shape index (κ3) is 7.92. The molecule has 2 fully saturated rings. The fourth-order valence-electron chi connectivity index (χ4n) is 5.99. The lowest BCUT2D eigenvalue weighted by molar-refractivity contribution is -0.137. The maximum atomic E-state index is 6.19. The van der Waals surface area contributed by atoms with E-state index < -0.39 is 0 Å². The van der Waals surface area contributed by atoms with Gasteiger partial charge in [0.05, 0.1) is 19.3 Å². The number of unbranched alkanes of at least 4 members (excludes halogenated alkanes) is 5. The highest BCUT2D eigenvalue weighted by Gasteiger charge is 2.24. The Kier molecular flexibility index (Phi) is 10.7. The van der Waals surface area contributed by atoms with E-state index in [0.717, 1.165) is 24.9 Å². The van der Waals surface area contributed by atoms with Crippen molar-refractivity contribution < 1.29 is 9.47 Å². The normalized spacial score (nSPS) is 25.0. The zero-order chi connectivity index (χ0) is 24.3. The summed E-state index contributed by atoms with van der Waals surface area (Å²) in [7, 11) is 0. The molecule has 4 rings (SSSR count). The molecule has 0 bridgehead atoms. The fraction of sp³-hybridized carbons (Fsp3) is 0.636. The summed E-state index contributed by atoms with van der Waals surface area (Å²) in [5.41, 5.74) is 5.35. The molecule has 35 heavy (non-hydrogen) atoms. The number of hydrogen-bond acceptors (Lipinski definition) is 2. The van der Waals surface area contributed by atoms with Crippen molar-refractivity contribution in [1.29, 1.82) is 0 Å². The molecular formula is C33H48O2. The number of rotatable bonds is 12. The molecule has 1 aliphatic carbocycles. The van der Waals surface area contributed by atoms with Crippen LogP contribution in [0.2, 0.25) is 0 Å². The van der Waals surface area contributed by atoms with E-state index >= 15 is 0 Å². The molecule has 0 aromatic heterocycles. The molecule has 0 unspecified atom stereocenters. The molecule has 0 spiro atoms. The van der Waals surface area contributed by atoms with Gasteiger partial charge in [-0.05, 0) is 66.2 Å². The Morgan fingerprint density at radius 2 is 1.23 bits per heavy atom. The highest BCUT2D eigenvalue weighted by molar-refractivity contribution is 5.64. The van der Waals surface area contributed by atoms with Gasteiger partial charge < -0.3 is 9.47 Å². The zero-order valence-corrected chi connectivity index (χ0v) is 22.4. The second-order valence-corrected chi connectivity index (χ2v) is 11.1. The van der Waals surface area contributed by atoms with Crippen LogP contribution in [0.4, 0.5) is 0 Å². The van der Waals surface area contributed by atoms with Crippen molar-refractivity contribution in [2.24, 2.45) is 5.92 Å². The molecule has 1 heterocycles. The molecule has 2 atom stereocenters. The summed E-state index contributed by atoms with van der Waals surface area (Å²) in [5, 5.41) is 0. The summed E-state index contributed by atoms with van der Waals surface area (Å²) < 4.78 is 12.3. The molecule has 0 amide bonds. The van der Waals surface area contributed by atoms with Crippen molar-refractivity contribution in [3.63, 3.8) is 0 Å². The Morgan fingerprint density at radius 1 is 0.600 bits per heavy atom. The molecular weight excluding hydrogens is 428 g/mol. The van der Waals surface area contributed by atoms with Crippen LogP contribution in [0.3, 0.4) is 0 Å². The first-order chi connectivity index (χ1) is 17.3. The lowest BCUT2D eigenvalue weighted by Crippen LogP contribution is -2.31. The molecule has 192 valence electrons. The quantitative estimate of drug-likeness (QED) is 0.284. The Balaban J connectivity index is 1.23. The van der Waals surface area contributed by atoms with Crippen LogP contribution in [0.15, 0.2) is 48.5 Å². The SMILES string of the molecule is CCCCCCC[C@@H]1CO[C@@H](c2ccc(-c3ccc([C@H]4CC[C@H](CCCC)CC4)cc3)cc2)CO1. The van der Waals surface area contributed by atoms with Gasteiger partial charge in [-0.2, -0.15) is 0 Å². The standard InChI is InChI=1S/C33H48O2/c1-3-5-7-8-9-11-32-24-35-33(25-34-32)31-22-20-30(21-23-31)29-18-16-28(17-19-29)27-14-12-26(13-15-27)10-6-4-2/h16-23,26-27,32-33H,3-15,24-25H2,1-2H3/t26-,27-,32-,33-/m1/s1. The van der Waals surface area contributed by atoms with Crippen LogP contribution >= 0.6 is 0 Å². The first kappa shape index (κ1) is 26.4. The molecule has 2 aromatic rings. The van der Waals surface area contributed by atoms with Gasteiger partial charge in [0, 0.05) is 0 Å². The van der Waals surface area contributed by atoms with Gasteiger partial charge in [0.2, 0.25) is 0 Å². The molecule has 0 radical (unpaired) electrons. The van der Waals surface area contributed by atoms with Crippen LogP contribution in [0.1, 0.15) is 120 Å². The largest absolute Gasteiger partial charge is 0.373 e. The summed E-state index contributed by atoms with van der Waals surface area (Å²) in [5.74, 6) is 1.73. The van der Waals surface area contributed by atoms with Gasteiger partial charge in [-0.1, -0.05) is 114 Å². The van der Waals surface area contributed by atoms with Crippen molar-refractivity contribution in [3.8, 4) is 11.1 Å². The first-order valence-electron chi connectivity index (χ1n) is 14.7. The van der Waals surface area contributed by atoms with E-state index in [0.29, 0.717) is 6.61 Å². The van der Waals surface area contributed by atoms with Crippen molar-refractivity contribution in [3.05, 3.63) is 59.7 Å². The fourth-order valence-corrected chi connectivity index (χ4v) is 5.99. The number of benzene rings is 2. The minimum Gasteiger partial charge on any atom is -0.373 e. The van der Waals surface area contributed by atoms with E-state index in [-0.39, 0.29) is 12.2 Å². The summed E-state index contributed by atoms with van der Waals surface area (Å²) in [6.45, 7) is 5.97. The number of hydrogen-bond donors (Lipinski definition) is 0. The smallest absolute Gasteiger partial charge is 0.106 e.